The van der Waals surface area contributed by atoms with Gasteiger partial charge in [0.1, 0.15) is 6.10 Å². The number of ether oxygens (including phenoxy) is 1. The molecule has 1 aromatic carbocycles. The molecule has 1 saturated carbocycles. The molecular weight excluding hydrogens is 326 g/mol. The summed E-state index contributed by atoms with van der Waals surface area (Å²) in [5.41, 5.74) is 4.55. The summed E-state index contributed by atoms with van der Waals surface area (Å²) in [5, 5.41) is 5.58. The summed E-state index contributed by atoms with van der Waals surface area (Å²) in [4.78, 5) is 11.7. The number of carbonyl (C=O) groups is 1. The third-order valence-corrected chi connectivity index (χ3v) is 5.36. The van der Waals surface area contributed by atoms with Crippen LogP contribution < -0.4 is 10.7 Å². The van der Waals surface area contributed by atoms with E-state index in [9.17, 15) is 4.79 Å². The van der Waals surface area contributed by atoms with Crippen molar-refractivity contribution in [3.05, 3.63) is 35.9 Å². The highest BCUT2D eigenvalue weighted by Gasteiger charge is 2.27. The van der Waals surface area contributed by atoms with Crippen LogP contribution >= 0.6 is 0 Å². The largest absolute Gasteiger partial charge is 0.459 e. The Hall–Kier alpha value is -1.43. The van der Waals surface area contributed by atoms with Gasteiger partial charge >= 0.3 is 5.97 Å². The molecule has 5 heteroatoms. The summed E-state index contributed by atoms with van der Waals surface area (Å²) in [6, 6.07) is 10.4. The molecular formula is C21H35N3O2. The first kappa shape index (κ1) is 20.9. The molecule has 146 valence electrons. The Bertz CT molecular complexity index is 517. The van der Waals surface area contributed by atoms with Crippen molar-refractivity contribution in [1.82, 2.24) is 15.8 Å². The second-order valence-corrected chi connectivity index (χ2v) is 7.37. The van der Waals surface area contributed by atoms with Crippen molar-refractivity contribution in [2.24, 2.45) is 5.92 Å². The van der Waals surface area contributed by atoms with E-state index >= 15 is 0 Å². The second kappa shape index (κ2) is 11.3. The summed E-state index contributed by atoms with van der Waals surface area (Å²) >= 11 is 0. The maximum Gasteiger partial charge on any atom is 0.303 e. The summed E-state index contributed by atoms with van der Waals surface area (Å²) in [6.07, 6.45) is 7.27. The Morgan fingerprint density at radius 2 is 1.88 bits per heavy atom. The number of benzene rings is 1. The van der Waals surface area contributed by atoms with Gasteiger partial charge in [0.25, 0.3) is 0 Å². The van der Waals surface area contributed by atoms with E-state index in [1.54, 1.807) is 0 Å². The summed E-state index contributed by atoms with van der Waals surface area (Å²) in [5.74, 6) is 0.508. The standard InChI is InChI=1S/C21H35N3O2/c1-17(25)26-21(20(22-2)14-18-10-6-4-7-11-18)16-24(23-3)15-19-12-8-5-9-13-19/h4,6-7,10-11,19-23H,5,8-9,12-16H2,1-3H3/t20?,21-/m0/s1. The molecule has 1 aromatic rings. The van der Waals surface area contributed by atoms with Gasteiger partial charge in [-0.3, -0.25) is 10.2 Å². The molecule has 1 unspecified atom stereocenters. The fourth-order valence-corrected chi connectivity index (χ4v) is 3.90. The SMILES string of the molecule is CNC(Cc1ccccc1)[C@H](CN(CC1CCCCC1)NC)OC(C)=O. The molecule has 0 bridgehead atoms. The van der Waals surface area contributed by atoms with Crippen LogP contribution in [0.1, 0.15) is 44.6 Å². The lowest BCUT2D eigenvalue weighted by Crippen LogP contribution is -2.52. The van der Waals surface area contributed by atoms with Crippen LogP contribution in [0.3, 0.4) is 0 Å². The van der Waals surface area contributed by atoms with Gasteiger partial charge in [0.15, 0.2) is 0 Å². The van der Waals surface area contributed by atoms with Crippen LogP contribution in [0.25, 0.3) is 0 Å². The first-order chi connectivity index (χ1) is 12.6. The number of rotatable bonds is 10. The van der Waals surface area contributed by atoms with E-state index in [0.29, 0.717) is 6.54 Å². The van der Waals surface area contributed by atoms with Crippen LogP contribution in [-0.2, 0) is 16.0 Å². The van der Waals surface area contributed by atoms with Crippen LogP contribution in [0, 0.1) is 5.92 Å². The van der Waals surface area contributed by atoms with Gasteiger partial charge in [-0.2, -0.15) is 0 Å². The van der Waals surface area contributed by atoms with E-state index < -0.39 is 0 Å². The average Bonchev–Trinajstić information content (AvgIpc) is 2.66. The maximum absolute atomic E-state index is 11.7. The molecule has 2 rings (SSSR count). The van der Waals surface area contributed by atoms with Gasteiger partial charge in [0.2, 0.25) is 0 Å². The highest BCUT2D eigenvalue weighted by Crippen LogP contribution is 2.24. The van der Waals surface area contributed by atoms with Crippen molar-refractivity contribution in [2.45, 2.75) is 57.6 Å². The number of likely N-dealkylation sites (N-methyl/N-ethyl adjacent to an activating group) is 1. The average molecular weight is 362 g/mol. The van der Waals surface area contributed by atoms with E-state index in [-0.39, 0.29) is 18.1 Å². The molecule has 0 amide bonds. The molecule has 0 saturated heterocycles. The van der Waals surface area contributed by atoms with Crippen LogP contribution in [0.4, 0.5) is 0 Å². The van der Waals surface area contributed by atoms with Gasteiger partial charge < -0.3 is 10.1 Å². The Kier molecular flexibility index (Phi) is 9.09. The van der Waals surface area contributed by atoms with Gasteiger partial charge in [0.05, 0.1) is 6.54 Å². The van der Waals surface area contributed by atoms with E-state index in [0.717, 1.165) is 18.9 Å². The highest BCUT2D eigenvalue weighted by molar-refractivity contribution is 5.66. The van der Waals surface area contributed by atoms with Crippen molar-refractivity contribution < 1.29 is 9.53 Å². The minimum Gasteiger partial charge on any atom is -0.459 e. The van der Waals surface area contributed by atoms with Crippen molar-refractivity contribution in [3.8, 4) is 0 Å². The fraction of sp³-hybridized carbons (Fsp3) is 0.667. The molecule has 5 nitrogen and oxygen atoms in total. The van der Waals surface area contributed by atoms with Crippen LogP contribution in [0.5, 0.6) is 0 Å². The van der Waals surface area contributed by atoms with Crippen LogP contribution in [0.15, 0.2) is 30.3 Å². The maximum atomic E-state index is 11.7. The van der Waals surface area contributed by atoms with E-state index in [1.807, 2.05) is 32.3 Å². The number of esters is 1. The van der Waals surface area contributed by atoms with Gasteiger partial charge in [-0.25, -0.2) is 5.01 Å². The van der Waals surface area contributed by atoms with Gasteiger partial charge in [-0.15, -0.1) is 0 Å². The molecule has 0 aromatic heterocycles. The minimum absolute atomic E-state index is 0.0727. The first-order valence-electron chi connectivity index (χ1n) is 9.93. The first-order valence-corrected chi connectivity index (χ1v) is 9.93. The predicted molar refractivity (Wildman–Crippen MR) is 106 cm³/mol. The fourth-order valence-electron chi connectivity index (χ4n) is 3.90. The Labute approximate surface area is 158 Å². The molecule has 1 fully saturated rings. The van der Waals surface area contributed by atoms with Gasteiger partial charge in [-0.1, -0.05) is 49.6 Å². The summed E-state index contributed by atoms with van der Waals surface area (Å²) in [6.45, 7) is 3.19. The molecule has 1 aliphatic rings. The van der Waals surface area contributed by atoms with E-state index in [4.69, 9.17) is 4.74 Å². The molecule has 2 N–H and O–H groups in total. The molecule has 0 heterocycles. The van der Waals surface area contributed by atoms with E-state index in [1.165, 1.54) is 44.6 Å². The molecule has 0 radical (unpaired) electrons. The van der Waals surface area contributed by atoms with Crippen molar-refractivity contribution in [1.29, 1.82) is 0 Å². The second-order valence-electron chi connectivity index (χ2n) is 7.37. The molecule has 26 heavy (non-hydrogen) atoms. The monoisotopic (exact) mass is 361 g/mol. The highest BCUT2D eigenvalue weighted by atomic mass is 16.5. The third kappa shape index (κ3) is 7.06. The lowest BCUT2D eigenvalue weighted by atomic mass is 9.89. The zero-order valence-corrected chi connectivity index (χ0v) is 16.5. The Balaban J connectivity index is 2.01. The number of nitrogens with one attached hydrogen (secondary N) is 2. The third-order valence-electron chi connectivity index (χ3n) is 5.36. The molecule has 0 aliphatic heterocycles. The smallest absolute Gasteiger partial charge is 0.303 e. The molecule has 0 spiro atoms. The van der Waals surface area contributed by atoms with Crippen molar-refractivity contribution in [2.75, 3.05) is 27.2 Å². The zero-order valence-electron chi connectivity index (χ0n) is 16.5. The Morgan fingerprint density at radius 3 is 2.46 bits per heavy atom. The quantitative estimate of drug-likeness (QED) is 0.496. The number of hydrogen-bond acceptors (Lipinski definition) is 5. The van der Waals surface area contributed by atoms with Crippen LogP contribution in [-0.4, -0.2) is 50.3 Å². The topological polar surface area (TPSA) is 53.6 Å². The lowest BCUT2D eigenvalue weighted by molar-refractivity contribution is -0.149. The predicted octanol–water partition coefficient (Wildman–Crippen LogP) is 2.77. The van der Waals surface area contributed by atoms with Crippen molar-refractivity contribution >= 4 is 5.97 Å². The Morgan fingerprint density at radius 1 is 1.19 bits per heavy atom. The van der Waals surface area contributed by atoms with Gasteiger partial charge in [-0.05, 0) is 44.8 Å². The van der Waals surface area contributed by atoms with E-state index in [2.05, 4.69) is 27.9 Å². The number of hydrazine groups is 1. The normalized spacial score (nSPS) is 17.8. The summed E-state index contributed by atoms with van der Waals surface area (Å²) < 4.78 is 5.71. The number of nitrogens with zero attached hydrogens (tertiary/aromatic N) is 1. The lowest BCUT2D eigenvalue weighted by Gasteiger charge is -2.34. The van der Waals surface area contributed by atoms with Crippen molar-refractivity contribution in [3.63, 3.8) is 0 Å². The van der Waals surface area contributed by atoms with Gasteiger partial charge in [0, 0.05) is 19.5 Å². The number of hydrogen-bond donors (Lipinski definition) is 2. The summed E-state index contributed by atoms with van der Waals surface area (Å²) in [7, 11) is 3.90. The van der Waals surface area contributed by atoms with Crippen LogP contribution in [0.2, 0.25) is 0 Å². The molecule has 2 atom stereocenters. The number of carbonyl (C=O) groups excluding carboxylic acids is 1. The molecule has 1 aliphatic carbocycles. The zero-order chi connectivity index (χ0) is 18.8. The minimum atomic E-state index is -0.225.